The number of nitrogens with zero attached hydrogens (tertiary/aromatic N) is 3. The molecule has 0 aromatic rings. The number of hydrazine groups is 3. The molecule has 9 heteroatoms. The number of nitrogens with two attached hydrogens (primary N) is 3. The second-order valence-electron chi connectivity index (χ2n) is 1.69. The molecule has 1 aliphatic heterocycles. The second kappa shape index (κ2) is 2.69. The third kappa shape index (κ3) is 1.97. The van der Waals surface area contributed by atoms with E-state index in [9.17, 15) is 0 Å². The highest BCUT2D eigenvalue weighted by Gasteiger charge is 2.22. The van der Waals surface area contributed by atoms with Gasteiger partial charge in [0.05, 0.1) is 0 Å². The summed E-state index contributed by atoms with van der Waals surface area (Å²) in [7, 11) is 4.43. The first-order valence-corrected chi connectivity index (χ1v) is 2.32. The molecule has 0 spiro atoms. The molecule has 0 atom stereocenters. The number of hydrogen-bond donors (Lipinski definition) is 3. The van der Waals surface area contributed by atoms with Gasteiger partial charge in [-0.2, -0.15) is 0 Å². The van der Waals surface area contributed by atoms with Gasteiger partial charge in [-0.25, -0.2) is 0 Å². The van der Waals surface area contributed by atoms with Gasteiger partial charge >= 0.3 is 22.6 Å². The van der Waals surface area contributed by atoms with Crippen molar-refractivity contribution in [2.45, 2.75) is 0 Å². The molecule has 3 radical (unpaired) electrons. The molecular formula is H6B3N6. The molecule has 1 heterocycles. The maximum atomic E-state index is 5.27. The summed E-state index contributed by atoms with van der Waals surface area (Å²) in [6.07, 6.45) is 0. The zero-order valence-corrected chi connectivity index (χ0v) is 4.81. The Labute approximate surface area is 55.7 Å². The van der Waals surface area contributed by atoms with Gasteiger partial charge in [0.15, 0.2) is 0 Å². The lowest BCUT2D eigenvalue weighted by molar-refractivity contribution is 0.508. The van der Waals surface area contributed by atoms with Gasteiger partial charge in [-0.15, -0.1) is 0 Å². The molecule has 0 saturated carbocycles. The van der Waals surface area contributed by atoms with Crippen LogP contribution in [-0.4, -0.2) is 37.1 Å². The van der Waals surface area contributed by atoms with E-state index in [1.807, 2.05) is 0 Å². The largest absolute Gasteiger partial charge is 0.319 e. The monoisotopic (exact) mass is 123 g/mol. The lowest BCUT2D eigenvalue weighted by Crippen LogP contribution is -2.67. The summed E-state index contributed by atoms with van der Waals surface area (Å²) in [6.45, 7) is 0. The third-order valence-electron chi connectivity index (χ3n) is 0.800. The summed E-state index contributed by atoms with van der Waals surface area (Å²) in [6, 6.07) is 0. The van der Waals surface area contributed by atoms with E-state index >= 15 is 0 Å². The second-order valence-corrected chi connectivity index (χ2v) is 1.69. The van der Waals surface area contributed by atoms with Crippen molar-refractivity contribution < 1.29 is 0 Å². The molecule has 6 nitrogen and oxygen atoms in total. The molecule has 1 fully saturated rings. The predicted octanol–water partition coefficient (Wildman–Crippen LogP) is -3.87. The minimum absolute atomic E-state index is 1.25. The maximum Gasteiger partial charge on any atom is 0.319 e. The van der Waals surface area contributed by atoms with E-state index in [0.29, 0.717) is 0 Å². The summed E-state index contributed by atoms with van der Waals surface area (Å²) in [4.78, 5) is 3.75. The van der Waals surface area contributed by atoms with Gasteiger partial charge in [-0.05, 0) is 0 Å². The Bertz CT molecular complexity index is 69.3. The van der Waals surface area contributed by atoms with Crippen molar-refractivity contribution in [2.24, 2.45) is 17.5 Å². The molecule has 45 valence electrons. The smallest absolute Gasteiger partial charge is 0.302 e. The fraction of sp³-hybridized carbons (Fsp3) is 0. The van der Waals surface area contributed by atoms with Crippen molar-refractivity contribution >= 4 is 22.6 Å². The van der Waals surface area contributed by atoms with Crippen LogP contribution < -0.4 is 17.5 Å². The summed E-state index contributed by atoms with van der Waals surface area (Å²) >= 11 is 0. The van der Waals surface area contributed by atoms with Gasteiger partial charge in [0.25, 0.3) is 0 Å². The highest BCUT2D eigenvalue weighted by molar-refractivity contribution is 6.63. The average Bonchev–Trinajstić information content (AvgIpc) is 1.59. The van der Waals surface area contributed by atoms with Gasteiger partial charge in [0.1, 0.15) is 0 Å². The predicted molar refractivity (Wildman–Crippen MR) is 35.3 cm³/mol. The van der Waals surface area contributed by atoms with E-state index in [1.54, 1.807) is 0 Å². The molecule has 0 aromatic heterocycles. The minimum Gasteiger partial charge on any atom is -0.302 e. The van der Waals surface area contributed by atoms with Crippen LogP contribution >= 0.6 is 0 Å². The van der Waals surface area contributed by atoms with Crippen LogP contribution in [0.3, 0.4) is 0 Å². The van der Waals surface area contributed by atoms with Crippen molar-refractivity contribution in [3.63, 3.8) is 0 Å². The van der Waals surface area contributed by atoms with Crippen LogP contribution in [0.1, 0.15) is 0 Å². The van der Waals surface area contributed by atoms with Crippen LogP contribution in [0.15, 0.2) is 0 Å². The van der Waals surface area contributed by atoms with E-state index in [1.165, 1.54) is 37.1 Å². The molecule has 1 aliphatic rings. The molecule has 1 saturated heterocycles. The van der Waals surface area contributed by atoms with Gasteiger partial charge in [0.2, 0.25) is 0 Å². The fourth-order valence-electron chi connectivity index (χ4n) is 0.551. The Morgan fingerprint density at radius 1 is 0.667 bits per heavy atom. The van der Waals surface area contributed by atoms with E-state index in [2.05, 4.69) is 0 Å². The molecule has 1 rings (SSSR count). The topological polar surface area (TPSA) is 87.8 Å². The molecule has 6 N–H and O–H groups in total. The van der Waals surface area contributed by atoms with E-state index < -0.39 is 0 Å². The summed E-state index contributed by atoms with van der Waals surface area (Å²) in [5.74, 6) is 15.8. The van der Waals surface area contributed by atoms with Crippen LogP contribution in [0.4, 0.5) is 0 Å². The number of hydrogen-bond acceptors (Lipinski definition) is 6. The molecule has 0 amide bonds. The normalized spacial score (nSPS) is 24.3. The Balaban J connectivity index is 2.34. The molecule has 9 heavy (non-hydrogen) atoms. The van der Waals surface area contributed by atoms with Crippen molar-refractivity contribution in [1.82, 2.24) is 14.5 Å². The third-order valence-corrected chi connectivity index (χ3v) is 0.800. The highest BCUT2D eigenvalue weighted by atomic mass is 15.5. The standard InChI is InChI=1S/B3H6N6/c4-7-1-8(5)3-9(6)2-7/h4-6H2. The van der Waals surface area contributed by atoms with Gasteiger partial charge in [0, 0.05) is 0 Å². The molecule has 0 aromatic carbocycles. The van der Waals surface area contributed by atoms with Gasteiger partial charge in [-0.1, -0.05) is 0 Å². The van der Waals surface area contributed by atoms with Crippen molar-refractivity contribution in [2.75, 3.05) is 0 Å². The maximum absolute atomic E-state index is 5.27. The van der Waals surface area contributed by atoms with Gasteiger partial charge in [-0.3, -0.25) is 17.5 Å². The zero-order chi connectivity index (χ0) is 6.85. The van der Waals surface area contributed by atoms with E-state index in [4.69, 9.17) is 17.5 Å². The van der Waals surface area contributed by atoms with Crippen molar-refractivity contribution in [1.29, 1.82) is 0 Å². The molecular weight excluding hydrogens is 116 g/mol. The minimum atomic E-state index is 1.25. The Morgan fingerprint density at radius 2 is 0.889 bits per heavy atom. The molecule has 0 bridgehead atoms. The quantitative estimate of drug-likeness (QED) is 0.225. The first-order valence-electron chi connectivity index (χ1n) is 2.32. The van der Waals surface area contributed by atoms with Gasteiger partial charge < -0.3 is 14.5 Å². The number of rotatable bonds is 0. The summed E-state index contributed by atoms with van der Waals surface area (Å²) < 4.78 is 0. The van der Waals surface area contributed by atoms with Crippen molar-refractivity contribution in [3.8, 4) is 0 Å². The van der Waals surface area contributed by atoms with E-state index in [-0.39, 0.29) is 0 Å². The zero-order valence-electron chi connectivity index (χ0n) is 4.81. The summed E-state index contributed by atoms with van der Waals surface area (Å²) in [5, 5.41) is 0. The van der Waals surface area contributed by atoms with Crippen LogP contribution in [-0.2, 0) is 0 Å². The van der Waals surface area contributed by atoms with Crippen LogP contribution in [0.2, 0.25) is 0 Å². The first-order chi connectivity index (χ1) is 4.18. The highest BCUT2D eigenvalue weighted by Crippen LogP contribution is 1.84. The van der Waals surface area contributed by atoms with Crippen LogP contribution in [0.25, 0.3) is 0 Å². The Kier molecular flexibility index (Phi) is 2.11. The molecule has 0 unspecified atom stereocenters. The Hall–Kier alpha value is -0.0452. The van der Waals surface area contributed by atoms with Crippen molar-refractivity contribution in [3.05, 3.63) is 0 Å². The van der Waals surface area contributed by atoms with Crippen LogP contribution in [0, 0.1) is 0 Å². The Morgan fingerprint density at radius 3 is 1.11 bits per heavy atom. The average molecular weight is 123 g/mol. The first kappa shape index (κ1) is 7.07. The lowest BCUT2D eigenvalue weighted by Gasteiger charge is -2.31. The van der Waals surface area contributed by atoms with E-state index in [0.717, 1.165) is 0 Å². The molecule has 0 aliphatic carbocycles. The SMILES string of the molecule is NN1[B]N(N)[B]N(N)[B]1. The van der Waals surface area contributed by atoms with Crippen LogP contribution in [0.5, 0.6) is 0 Å². The summed E-state index contributed by atoms with van der Waals surface area (Å²) in [5.41, 5.74) is 0. The fourth-order valence-corrected chi connectivity index (χ4v) is 0.551. The lowest BCUT2D eigenvalue weighted by atomic mass is 9.80.